The van der Waals surface area contributed by atoms with Crippen molar-refractivity contribution in [1.82, 2.24) is 5.06 Å². The van der Waals surface area contributed by atoms with Gasteiger partial charge in [0.1, 0.15) is 5.78 Å². The average molecular weight is 323 g/mol. The molecule has 0 aliphatic heterocycles. The molecule has 0 fully saturated rings. The Morgan fingerprint density at radius 2 is 1.33 bits per heavy atom. The molecule has 0 radical (unpaired) electrons. The minimum atomic E-state index is -3.33. The zero-order chi connectivity index (χ0) is 16.9. The van der Waals surface area contributed by atoms with Gasteiger partial charge in [0.05, 0.1) is 19.8 Å². The predicted molar refractivity (Wildman–Crippen MR) is 87.3 cm³/mol. The van der Waals surface area contributed by atoms with Gasteiger partial charge in [-0.2, -0.15) is 5.06 Å². The van der Waals surface area contributed by atoms with Gasteiger partial charge >= 0.3 is 7.60 Å². The second-order valence-corrected chi connectivity index (χ2v) is 9.11. The highest BCUT2D eigenvalue weighted by molar-refractivity contribution is 7.54. The van der Waals surface area contributed by atoms with Gasteiger partial charge in [0, 0.05) is 5.54 Å². The highest BCUT2D eigenvalue weighted by Gasteiger charge is 2.51. The van der Waals surface area contributed by atoms with Crippen LogP contribution in [0, 0.1) is 5.41 Å². The SMILES string of the molecule is CCON(C(C(C)(C)C)P(=O)(OCC)OCC)C(C)(C)C. The van der Waals surface area contributed by atoms with Gasteiger partial charge in [0.15, 0.2) is 0 Å². The maximum Gasteiger partial charge on any atom is 0.350 e. The Balaban J connectivity index is 5.89. The Labute approximate surface area is 130 Å². The van der Waals surface area contributed by atoms with Gasteiger partial charge in [-0.3, -0.25) is 9.40 Å². The molecule has 0 saturated heterocycles. The summed E-state index contributed by atoms with van der Waals surface area (Å²) in [4.78, 5) is 5.84. The summed E-state index contributed by atoms with van der Waals surface area (Å²) in [5.41, 5.74) is -0.653. The monoisotopic (exact) mass is 323 g/mol. The summed E-state index contributed by atoms with van der Waals surface area (Å²) >= 11 is 0. The van der Waals surface area contributed by atoms with Crippen molar-refractivity contribution in [3.8, 4) is 0 Å². The van der Waals surface area contributed by atoms with Crippen molar-refractivity contribution in [2.24, 2.45) is 5.41 Å². The van der Waals surface area contributed by atoms with E-state index in [2.05, 4.69) is 0 Å². The maximum atomic E-state index is 13.4. The van der Waals surface area contributed by atoms with Crippen molar-refractivity contribution < 1.29 is 18.5 Å². The molecule has 5 nitrogen and oxygen atoms in total. The first-order chi connectivity index (χ1) is 9.44. The van der Waals surface area contributed by atoms with Gasteiger partial charge in [-0.25, -0.2) is 0 Å². The summed E-state index contributed by atoms with van der Waals surface area (Å²) in [6, 6.07) is 0. The van der Waals surface area contributed by atoms with E-state index in [1.54, 1.807) is 5.06 Å². The average Bonchev–Trinajstić information content (AvgIpc) is 2.25. The number of nitrogens with zero attached hydrogens (tertiary/aromatic N) is 1. The number of hydrogen-bond acceptors (Lipinski definition) is 5. The first-order valence-corrected chi connectivity index (χ1v) is 9.36. The molecule has 21 heavy (non-hydrogen) atoms. The molecular formula is C15H34NO4P. The molecule has 0 N–H and O–H groups in total. The molecule has 0 bridgehead atoms. The van der Waals surface area contributed by atoms with Crippen LogP contribution in [0.4, 0.5) is 0 Å². The maximum absolute atomic E-state index is 13.4. The Morgan fingerprint density at radius 1 is 0.905 bits per heavy atom. The second kappa shape index (κ2) is 8.07. The third-order valence-electron chi connectivity index (χ3n) is 2.84. The van der Waals surface area contributed by atoms with Crippen LogP contribution in [-0.4, -0.2) is 36.2 Å². The number of hydroxylamine groups is 2. The van der Waals surface area contributed by atoms with E-state index in [4.69, 9.17) is 13.9 Å². The molecule has 0 saturated carbocycles. The molecule has 1 atom stereocenters. The summed E-state index contributed by atoms with van der Waals surface area (Å²) in [5, 5.41) is 1.79. The molecule has 0 aromatic rings. The minimum absolute atomic E-state index is 0.322. The van der Waals surface area contributed by atoms with Crippen LogP contribution in [0.2, 0.25) is 0 Å². The molecule has 1 unspecified atom stereocenters. The standard InChI is InChI=1S/C15H34NO4P/c1-10-18-16(15(7,8)9)13(14(4,5)6)21(17,19-11-2)20-12-3/h13H,10-12H2,1-9H3. The topological polar surface area (TPSA) is 48.0 Å². The molecule has 128 valence electrons. The van der Waals surface area contributed by atoms with Crippen molar-refractivity contribution in [2.45, 2.75) is 73.6 Å². The van der Waals surface area contributed by atoms with Crippen molar-refractivity contribution >= 4 is 7.60 Å². The fourth-order valence-electron chi connectivity index (χ4n) is 2.26. The number of hydrogen-bond donors (Lipinski definition) is 0. The van der Waals surface area contributed by atoms with E-state index in [1.807, 2.05) is 62.3 Å². The minimum Gasteiger partial charge on any atom is -0.308 e. The van der Waals surface area contributed by atoms with Gasteiger partial charge in [-0.05, 0) is 47.0 Å². The van der Waals surface area contributed by atoms with Crippen LogP contribution in [0.25, 0.3) is 0 Å². The van der Waals surface area contributed by atoms with E-state index < -0.39 is 13.4 Å². The molecule has 0 rings (SSSR count). The molecule has 6 heteroatoms. The van der Waals surface area contributed by atoms with E-state index in [0.29, 0.717) is 19.8 Å². The summed E-state index contributed by atoms with van der Waals surface area (Å²) in [6.07, 6.45) is 0. The lowest BCUT2D eigenvalue weighted by Gasteiger charge is -2.47. The normalized spacial score (nSPS) is 15.5. The molecule has 0 amide bonds. The molecular weight excluding hydrogens is 289 g/mol. The van der Waals surface area contributed by atoms with Crippen LogP contribution in [0.3, 0.4) is 0 Å². The van der Waals surface area contributed by atoms with Crippen LogP contribution < -0.4 is 0 Å². The summed E-state index contributed by atoms with van der Waals surface area (Å²) in [7, 11) is -3.33. The zero-order valence-electron chi connectivity index (χ0n) is 15.2. The van der Waals surface area contributed by atoms with E-state index in [1.165, 1.54) is 0 Å². The quantitative estimate of drug-likeness (QED) is 0.479. The van der Waals surface area contributed by atoms with Crippen LogP contribution in [0.5, 0.6) is 0 Å². The van der Waals surface area contributed by atoms with E-state index in [9.17, 15) is 4.57 Å². The van der Waals surface area contributed by atoms with Crippen LogP contribution in [0.1, 0.15) is 62.3 Å². The first kappa shape index (κ1) is 21.1. The Bertz CT molecular complexity index is 337. The molecule has 0 aromatic heterocycles. The van der Waals surface area contributed by atoms with E-state index >= 15 is 0 Å². The van der Waals surface area contributed by atoms with E-state index in [0.717, 1.165) is 0 Å². The smallest absolute Gasteiger partial charge is 0.308 e. The highest BCUT2D eigenvalue weighted by atomic mass is 31.2. The summed E-state index contributed by atoms with van der Waals surface area (Å²) in [5.74, 6) is -0.482. The lowest BCUT2D eigenvalue weighted by molar-refractivity contribution is -0.234. The van der Waals surface area contributed by atoms with Gasteiger partial charge < -0.3 is 9.05 Å². The number of rotatable bonds is 8. The van der Waals surface area contributed by atoms with Crippen LogP contribution in [-0.2, 0) is 18.5 Å². The second-order valence-electron chi connectivity index (χ2n) is 7.03. The zero-order valence-corrected chi connectivity index (χ0v) is 16.1. The Kier molecular flexibility index (Phi) is 8.10. The molecule has 0 aliphatic carbocycles. The van der Waals surface area contributed by atoms with Crippen molar-refractivity contribution in [1.29, 1.82) is 0 Å². The molecule has 0 aliphatic rings. The third kappa shape index (κ3) is 5.99. The van der Waals surface area contributed by atoms with Gasteiger partial charge in [-0.15, -0.1) is 0 Å². The Morgan fingerprint density at radius 3 is 1.57 bits per heavy atom. The molecule has 0 aromatic carbocycles. The largest absolute Gasteiger partial charge is 0.350 e. The fraction of sp³-hybridized carbons (Fsp3) is 1.00. The van der Waals surface area contributed by atoms with Crippen molar-refractivity contribution in [2.75, 3.05) is 19.8 Å². The fourth-order valence-corrected chi connectivity index (χ4v) is 4.96. The van der Waals surface area contributed by atoms with Crippen LogP contribution >= 0.6 is 7.60 Å². The summed E-state index contributed by atoms with van der Waals surface area (Å²) < 4.78 is 24.5. The van der Waals surface area contributed by atoms with Gasteiger partial charge in [0.2, 0.25) is 0 Å². The van der Waals surface area contributed by atoms with Crippen molar-refractivity contribution in [3.05, 3.63) is 0 Å². The highest BCUT2D eigenvalue weighted by Crippen LogP contribution is 2.60. The lowest BCUT2D eigenvalue weighted by atomic mass is 9.94. The van der Waals surface area contributed by atoms with Gasteiger partial charge in [0.25, 0.3) is 0 Å². The van der Waals surface area contributed by atoms with Crippen molar-refractivity contribution in [3.63, 3.8) is 0 Å². The molecule has 0 spiro atoms. The molecule has 0 heterocycles. The Hall–Kier alpha value is 0.0700. The lowest BCUT2D eigenvalue weighted by Crippen LogP contribution is -2.53. The van der Waals surface area contributed by atoms with E-state index in [-0.39, 0.29) is 11.0 Å². The van der Waals surface area contributed by atoms with Gasteiger partial charge in [-0.1, -0.05) is 20.8 Å². The summed E-state index contributed by atoms with van der Waals surface area (Å²) in [6.45, 7) is 18.9. The third-order valence-corrected chi connectivity index (χ3v) is 5.66. The first-order valence-electron chi connectivity index (χ1n) is 7.75. The predicted octanol–water partition coefficient (Wildman–Crippen LogP) is 4.68. The van der Waals surface area contributed by atoms with Crippen LogP contribution in [0.15, 0.2) is 0 Å².